The normalized spacial score (nSPS) is 23.6. The van der Waals surface area contributed by atoms with Crippen molar-refractivity contribution >= 4 is 29.0 Å². The highest BCUT2D eigenvalue weighted by atomic mass is 19.1. The highest BCUT2D eigenvalue weighted by molar-refractivity contribution is 6.03. The molecule has 2 atom stereocenters. The van der Waals surface area contributed by atoms with Crippen molar-refractivity contribution in [3.8, 4) is 5.75 Å². The molecule has 0 spiro atoms. The maximum Gasteiger partial charge on any atom is 0.270 e. The molecule has 36 heavy (non-hydrogen) atoms. The summed E-state index contributed by atoms with van der Waals surface area (Å²) in [5, 5.41) is 3.21. The summed E-state index contributed by atoms with van der Waals surface area (Å²) in [6, 6.07) is 6.24. The van der Waals surface area contributed by atoms with Crippen molar-refractivity contribution in [2.45, 2.75) is 83.5 Å². The molecule has 194 valence electrons. The Morgan fingerprint density at radius 1 is 1.19 bits per heavy atom. The molecule has 1 N–H and O–H groups in total. The Hall–Kier alpha value is -2.94. The van der Waals surface area contributed by atoms with Gasteiger partial charge >= 0.3 is 0 Å². The van der Waals surface area contributed by atoms with Crippen molar-refractivity contribution in [3.63, 3.8) is 0 Å². The molecule has 0 bridgehead atoms. The zero-order chi connectivity index (χ0) is 25.6. The van der Waals surface area contributed by atoms with Crippen LogP contribution in [0.15, 0.2) is 24.4 Å². The van der Waals surface area contributed by atoms with Crippen molar-refractivity contribution < 1.29 is 13.9 Å². The van der Waals surface area contributed by atoms with Crippen LogP contribution in [0.3, 0.4) is 0 Å². The van der Waals surface area contributed by atoms with Crippen LogP contribution in [0.2, 0.25) is 0 Å². The number of carbonyl (C=O) groups excluding carboxylic acids is 1. The van der Waals surface area contributed by atoms with Crippen molar-refractivity contribution in [3.05, 3.63) is 30.2 Å². The van der Waals surface area contributed by atoms with Gasteiger partial charge in [0.1, 0.15) is 5.75 Å². The second kappa shape index (κ2) is 9.50. The number of likely N-dealkylation sites (N-methyl/N-ethyl adjacent to an activating group) is 1. The molecular formula is C27H37FN6O2. The lowest BCUT2D eigenvalue weighted by Crippen LogP contribution is -2.56. The largest absolute Gasteiger partial charge is 0.476 e. The lowest BCUT2D eigenvalue weighted by molar-refractivity contribution is -0.133. The summed E-state index contributed by atoms with van der Waals surface area (Å²) in [5.41, 5.74) is 0.471. The third-order valence-electron chi connectivity index (χ3n) is 7.70. The fourth-order valence-electron chi connectivity index (χ4n) is 5.93. The quantitative estimate of drug-likeness (QED) is 0.642. The average Bonchev–Trinajstić information content (AvgIpc) is 2.85. The number of nitrogens with zero attached hydrogens (tertiary/aromatic N) is 5. The van der Waals surface area contributed by atoms with Gasteiger partial charge in [0.25, 0.3) is 5.91 Å². The first-order valence-electron chi connectivity index (χ1n) is 13.1. The van der Waals surface area contributed by atoms with Gasteiger partial charge in [-0.1, -0.05) is 6.42 Å². The van der Waals surface area contributed by atoms with Gasteiger partial charge in [0, 0.05) is 36.9 Å². The second-order valence-corrected chi connectivity index (χ2v) is 11.0. The Morgan fingerprint density at radius 3 is 2.75 bits per heavy atom. The van der Waals surface area contributed by atoms with Crippen LogP contribution < -0.4 is 19.9 Å². The summed E-state index contributed by atoms with van der Waals surface area (Å²) in [7, 11) is 1.95. The Kier molecular flexibility index (Phi) is 6.53. The number of ether oxygens (including phenoxy) is 1. The molecule has 1 aromatic carbocycles. The molecule has 1 aromatic heterocycles. The molecule has 1 amide bonds. The Balaban J connectivity index is 1.39. The van der Waals surface area contributed by atoms with E-state index < -0.39 is 11.4 Å². The predicted octanol–water partition coefficient (Wildman–Crippen LogP) is 4.72. The van der Waals surface area contributed by atoms with Gasteiger partial charge in [0.15, 0.2) is 17.2 Å². The van der Waals surface area contributed by atoms with E-state index in [9.17, 15) is 9.18 Å². The lowest BCUT2D eigenvalue weighted by Gasteiger charge is -2.47. The van der Waals surface area contributed by atoms with Crippen molar-refractivity contribution in [2.24, 2.45) is 0 Å². The van der Waals surface area contributed by atoms with E-state index in [2.05, 4.69) is 20.2 Å². The van der Waals surface area contributed by atoms with E-state index in [1.165, 1.54) is 19.0 Å². The molecule has 0 saturated carbocycles. The minimum Gasteiger partial charge on any atom is -0.476 e. The molecule has 0 unspecified atom stereocenters. The van der Waals surface area contributed by atoms with Crippen molar-refractivity contribution in [2.75, 3.05) is 35.3 Å². The number of carbonyl (C=O) groups is 1. The number of anilines is 4. The second-order valence-electron chi connectivity index (χ2n) is 11.0. The standard InChI is InChI=1S/C27H37FN6O2/c1-17(2)34-22-12-11-18(15-23(22)36-27(3,4)25(34)35)30-26-29-16-19(28)24(31-26)32(5)20-10-8-14-33-13-7-6-9-21(20)33/h11-12,15-17,20-21H,6-10,13-14H2,1-5H3,(H,29,30,31)/t20-,21+/m0/s1. The summed E-state index contributed by atoms with van der Waals surface area (Å²) < 4.78 is 21.0. The number of rotatable bonds is 5. The van der Waals surface area contributed by atoms with Gasteiger partial charge in [-0.15, -0.1) is 0 Å². The Bertz CT molecular complexity index is 1140. The Labute approximate surface area is 212 Å². The van der Waals surface area contributed by atoms with E-state index in [0.717, 1.165) is 38.0 Å². The van der Waals surface area contributed by atoms with Crippen LogP contribution >= 0.6 is 0 Å². The lowest BCUT2D eigenvalue weighted by atomic mass is 9.88. The van der Waals surface area contributed by atoms with E-state index in [-0.39, 0.29) is 18.0 Å². The maximum absolute atomic E-state index is 14.9. The number of halogens is 1. The summed E-state index contributed by atoms with van der Waals surface area (Å²) in [6.07, 6.45) is 7.00. The monoisotopic (exact) mass is 496 g/mol. The van der Waals surface area contributed by atoms with Gasteiger partial charge in [-0.05, 0) is 78.6 Å². The van der Waals surface area contributed by atoms with E-state index >= 15 is 0 Å². The highest BCUT2D eigenvalue weighted by Crippen LogP contribution is 2.41. The van der Waals surface area contributed by atoms with Crippen molar-refractivity contribution in [1.82, 2.24) is 14.9 Å². The molecular weight excluding hydrogens is 459 g/mol. The highest BCUT2D eigenvalue weighted by Gasteiger charge is 2.42. The zero-order valence-electron chi connectivity index (χ0n) is 21.9. The fourth-order valence-corrected chi connectivity index (χ4v) is 5.93. The van der Waals surface area contributed by atoms with Crippen LogP contribution in [-0.4, -0.2) is 64.6 Å². The number of nitrogens with one attached hydrogen (secondary N) is 1. The van der Waals surface area contributed by atoms with Gasteiger partial charge in [-0.2, -0.15) is 4.98 Å². The number of amides is 1. The number of piperidine rings is 2. The summed E-state index contributed by atoms with van der Waals surface area (Å²) >= 11 is 0. The number of hydrogen-bond acceptors (Lipinski definition) is 7. The van der Waals surface area contributed by atoms with Gasteiger partial charge in [-0.25, -0.2) is 9.37 Å². The van der Waals surface area contributed by atoms with E-state index in [1.54, 1.807) is 18.7 Å². The van der Waals surface area contributed by atoms with E-state index in [1.807, 2.05) is 44.0 Å². The Morgan fingerprint density at radius 2 is 1.97 bits per heavy atom. The summed E-state index contributed by atoms with van der Waals surface area (Å²) in [4.78, 5) is 28.0. The van der Waals surface area contributed by atoms with Crippen molar-refractivity contribution in [1.29, 1.82) is 0 Å². The SMILES string of the molecule is CC(C)N1C(=O)C(C)(C)Oc2cc(Nc3ncc(F)c(N(C)[C@H]4CCCN5CCCC[C@H]45)n3)ccc21. The third kappa shape index (κ3) is 4.49. The maximum atomic E-state index is 14.9. The molecule has 5 rings (SSSR count). The molecule has 4 heterocycles. The summed E-state index contributed by atoms with van der Waals surface area (Å²) in [6.45, 7) is 9.78. The molecule has 2 aromatic rings. The minimum absolute atomic E-state index is 0.00311. The van der Waals surface area contributed by atoms with Crippen LogP contribution in [0.4, 0.5) is 27.5 Å². The first-order valence-corrected chi connectivity index (χ1v) is 13.1. The van der Waals surface area contributed by atoms with Gasteiger partial charge in [0.2, 0.25) is 5.95 Å². The van der Waals surface area contributed by atoms with Gasteiger partial charge in [-0.3, -0.25) is 9.69 Å². The van der Waals surface area contributed by atoms with E-state index in [0.29, 0.717) is 29.2 Å². The van der Waals surface area contributed by atoms with Crippen LogP contribution in [0.25, 0.3) is 0 Å². The molecule has 2 fully saturated rings. The van der Waals surface area contributed by atoms with Crippen LogP contribution in [0.5, 0.6) is 5.75 Å². The van der Waals surface area contributed by atoms with E-state index in [4.69, 9.17) is 4.74 Å². The smallest absolute Gasteiger partial charge is 0.270 e. The predicted molar refractivity (Wildman–Crippen MR) is 140 cm³/mol. The fraction of sp³-hybridized carbons (Fsp3) is 0.593. The molecule has 2 saturated heterocycles. The number of benzene rings is 1. The minimum atomic E-state index is -0.967. The first-order chi connectivity index (χ1) is 17.2. The van der Waals surface area contributed by atoms with Crippen LogP contribution in [-0.2, 0) is 4.79 Å². The zero-order valence-corrected chi connectivity index (χ0v) is 21.9. The van der Waals surface area contributed by atoms with Crippen LogP contribution in [0.1, 0.15) is 59.8 Å². The summed E-state index contributed by atoms with van der Waals surface area (Å²) in [5.74, 6) is 0.757. The van der Waals surface area contributed by atoms with Gasteiger partial charge < -0.3 is 19.9 Å². The molecule has 9 heteroatoms. The average molecular weight is 497 g/mol. The molecule has 0 radical (unpaired) electrons. The first kappa shape index (κ1) is 24.7. The molecule has 3 aliphatic rings. The third-order valence-corrected chi connectivity index (χ3v) is 7.70. The van der Waals surface area contributed by atoms with Gasteiger partial charge in [0.05, 0.1) is 11.9 Å². The topological polar surface area (TPSA) is 73.8 Å². The molecule has 8 nitrogen and oxygen atoms in total. The molecule has 0 aliphatic carbocycles. The number of aromatic nitrogens is 2. The van der Waals surface area contributed by atoms with Crippen LogP contribution in [0, 0.1) is 5.82 Å². The molecule has 3 aliphatic heterocycles. The number of fused-ring (bicyclic) bond motifs is 2. The number of hydrogen-bond donors (Lipinski definition) is 1.